The van der Waals surface area contributed by atoms with Crippen molar-refractivity contribution in [2.45, 2.75) is 80.1 Å². The fraction of sp³-hybridized carbons (Fsp3) is 0.421. The second-order valence-corrected chi connectivity index (χ2v) is 12.3. The van der Waals surface area contributed by atoms with Crippen LogP contribution >= 0.6 is 11.8 Å². The molecule has 2 aromatic rings. The van der Waals surface area contributed by atoms with Gasteiger partial charge in [-0.15, -0.1) is 0 Å². The van der Waals surface area contributed by atoms with E-state index in [-0.39, 0.29) is 23.2 Å². The van der Waals surface area contributed by atoms with Crippen molar-refractivity contribution in [3.63, 3.8) is 0 Å². The molecule has 0 spiro atoms. The number of para-hydroxylation sites is 2. The van der Waals surface area contributed by atoms with Gasteiger partial charge in [0.05, 0.1) is 29.7 Å². The maximum atomic E-state index is 12.1. The van der Waals surface area contributed by atoms with E-state index in [2.05, 4.69) is 74.3 Å². The molecule has 4 N–H and O–H groups in total. The molecule has 2 aromatic carbocycles. The van der Waals surface area contributed by atoms with Gasteiger partial charge in [0.15, 0.2) is 0 Å². The molecule has 262 valence electrons. The van der Waals surface area contributed by atoms with E-state index in [1.165, 1.54) is 29.9 Å². The first-order chi connectivity index (χ1) is 23.0. The lowest BCUT2D eigenvalue weighted by Gasteiger charge is -2.24. The molecule has 3 amide bonds. The first-order valence-electron chi connectivity index (χ1n) is 16.5. The van der Waals surface area contributed by atoms with Crippen molar-refractivity contribution in [1.29, 1.82) is 0 Å². The molecule has 48 heavy (non-hydrogen) atoms. The fourth-order valence-electron chi connectivity index (χ4n) is 4.79. The predicted octanol–water partition coefficient (Wildman–Crippen LogP) is 8.02. The highest BCUT2D eigenvalue weighted by molar-refractivity contribution is 7.99. The van der Waals surface area contributed by atoms with E-state index < -0.39 is 5.91 Å². The van der Waals surface area contributed by atoms with Crippen LogP contribution < -0.4 is 26.0 Å². The molecule has 0 saturated carbocycles. The number of primary amides is 1. The number of amidine groups is 1. The van der Waals surface area contributed by atoms with Crippen LogP contribution in [0.5, 0.6) is 5.75 Å². The van der Waals surface area contributed by atoms with Gasteiger partial charge < -0.3 is 26.0 Å². The average Bonchev–Trinajstić information content (AvgIpc) is 3.20. The van der Waals surface area contributed by atoms with Crippen LogP contribution in [0.3, 0.4) is 0 Å². The van der Waals surface area contributed by atoms with Gasteiger partial charge in [-0.1, -0.05) is 58.2 Å². The minimum atomic E-state index is -0.618. The van der Waals surface area contributed by atoms with Crippen LogP contribution in [0.25, 0.3) is 0 Å². The Morgan fingerprint density at radius 1 is 1.08 bits per heavy atom. The monoisotopic (exact) mass is 677 g/mol. The molecule has 9 nitrogen and oxygen atoms in total. The van der Waals surface area contributed by atoms with Crippen LogP contribution in [0, 0.1) is 6.92 Å². The number of allylic oxidation sites excluding steroid dienone is 2. The van der Waals surface area contributed by atoms with Gasteiger partial charge >= 0.3 is 0 Å². The highest BCUT2D eigenvalue weighted by atomic mass is 32.2. The maximum Gasteiger partial charge on any atom is 0.252 e. The zero-order chi connectivity index (χ0) is 36.1. The number of nitrogens with one attached hydrogen (secondary N) is 2. The van der Waals surface area contributed by atoms with Crippen LogP contribution in [-0.2, 0) is 20.8 Å². The van der Waals surface area contributed by atoms with Crippen molar-refractivity contribution >= 4 is 52.4 Å². The maximum absolute atomic E-state index is 12.1. The van der Waals surface area contributed by atoms with E-state index in [0.29, 0.717) is 23.5 Å². The molecule has 0 atom stereocenters. The number of anilines is 2. The van der Waals surface area contributed by atoms with Crippen molar-refractivity contribution in [3.05, 3.63) is 84.1 Å². The van der Waals surface area contributed by atoms with E-state index in [4.69, 9.17) is 10.5 Å². The lowest BCUT2D eigenvalue weighted by molar-refractivity contribution is -0.118. The van der Waals surface area contributed by atoms with Gasteiger partial charge in [0.2, 0.25) is 11.8 Å². The van der Waals surface area contributed by atoms with Gasteiger partial charge in [-0.25, -0.2) is 4.99 Å². The number of hydrogen-bond donors (Lipinski definition) is 3. The number of carbonyl (C=O) groups excluding carboxylic acids is 3. The topological polar surface area (TPSA) is 126 Å². The first kappa shape index (κ1) is 41.7. The highest BCUT2D eigenvalue weighted by Crippen LogP contribution is 2.36. The lowest BCUT2D eigenvalue weighted by Crippen LogP contribution is -2.30. The normalized spacial score (nSPS) is 12.6. The standard InChI is InChI=1S/C17H20N4O2.C15H21NO2.C6H14S/c1-5-12(16(18)23)17(19-11(3)4)21-14-10-8-7-9-13(14)20-15(22)6-2;1-4-10-16-13-9-8-11(2)15(18-3)12(13)6-5-7-14(16)17;1-3-5-7-6-4-2/h5-10H,2-3H2,1,4H3,(H2,18,23)(H,19,21)(H,20,22);8-9H,4-7,10H2,1-3H3;3-6H2,1-2H3/b12-5-;;. The minimum Gasteiger partial charge on any atom is -0.496 e. The number of benzene rings is 2. The molecule has 1 aliphatic heterocycles. The zero-order valence-corrected chi connectivity index (χ0v) is 30.7. The number of nitrogens with zero attached hydrogens (tertiary/aromatic N) is 2. The number of aliphatic imine (C=N–C) groups is 1. The number of thioether (sulfide) groups is 1. The molecule has 0 radical (unpaired) electrons. The summed E-state index contributed by atoms with van der Waals surface area (Å²) < 4.78 is 5.52. The van der Waals surface area contributed by atoms with Crippen LogP contribution in [-0.4, -0.2) is 48.7 Å². The summed E-state index contributed by atoms with van der Waals surface area (Å²) in [5.74, 6) is 3.15. The molecule has 1 aliphatic rings. The molecule has 0 aliphatic carbocycles. The third kappa shape index (κ3) is 13.8. The van der Waals surface area contributed by atoms with E-state index in [0.717, 1.165) is 48.9 Å². The van der Waals surface area contributed by atoms with Crippen LogP contribution in [0.2, 0.25) is 0 Å². The number of fused-ring (bicyclic) bond motifs is 1. The summed E-state index contributed by atoms with van der Waals surface area (Å²) in [4.78, 5) is 41.5. The van der Waals surface area contributed by atoms with Crippen LogP contribution in [0.4, 0.5) is 17.1 Å². The van der Waals surface area contributed by atoms with Crippen molar-refractivity contribution < 1.29 is 19.1 Å². The summed E-state index contributed by atoms with van der Waals surface area (Å²) in [5, 5.41) is 5.56. The van der Waals surface area contributed by atoms with Crippen molar-refractivity contribution in [1.82, 2.24) is 5.32 Å². The SMILES string of the molecule is C=CC(=O)Nc1ccccc1N=C(NC(=C)C)/C(=C\C)C(N)=O.CCCN1C(=O)CCCc2c1ccc(C)c2OC.CCCSCCC. The summed E-state index contributed by atoms with van der Waals surface area (Å²) in [6.45, 7) is 20.0. The molecular formula is C38H55N5O4S. The van der Waals surface area contributed by atoms with Gasteiger partial charge in [-0.2, -0.15) is 11.8 Å². The molecule has 0 unspecified atom stereocenters. The third-order valence-corrected chi connectivity index (χ3v) is 8.30. The smallest absolute Gasteiger partial charge is 0.252 e. The van der Waals surface area contributed by atoms with E-state index in [1.807, 2.05) is 11.0 Å². The number of methoxy groups -OCH3 is 1. The Morgan fingerprint density at radius 2 is 1.75 bits per heavy atom. The molecule has 0 fully saturated rings. The van der Waals surface area contributed by atoms with Gasteiger partial charge in [-0.05, 0) is 94.2 Å². The Morgan fingerprint density at radius 3 is 2.29 bits per heavy atom. The van der Waals surface area contributed by atoms with Crippen molar-refractivity contribution in [2.24, 2.45) is 10.7 Å². The molecule has 0 saturated heterocycles. The quantitative estimate of drug-likeness (QED) is 0.0853. The molecule has 0 bridgehead atoms. The first-order valence-corrected chi connectivity index (χ1v) is 17.7. The third-order valence-electron chi connectivity index (χ3n) is 6.91. The van der Waals surface area contributed by atoms with Gasteiger partial charge in [0.25, 0.3) is 5.91 Å². The van der Waals surface area contributed by atoms with E-state index in [9.17, 15) is 14.4 Å². The molecular weight excluding hydrogens is 623 g/mol. The summed E-state index contributed by atoms with van der Waals surface area (Å²) in [6, 6.07) is 11.0. The number of nitrogens with two attached hydrogens (primary N) is 1. The average molecular weight is 678 g/mol. The number of aryl methyl sites for hydroxylation is 1. The van der Waals surface area contributed by atoms with Gasteiger partial charge in [0.1, 0.15) is 11.6 Å². The fourth-order valence-corrected chi connectivity index (χ4v) is 5.57. The Hall–Kier alpha value is -4.31. The van der Waals surface area contributed by atoms with Gasteiger partial charge in [-0.3, -0.25) is 14.4 Å². The Balaban J connectivity index is 0.000000408. The molecule has 0 aromatic heterocycles. The Labute approximate surface area is 292 Å². The number of hydrogen-bond acceptors (Lipinski definition) is 6. The van der Waals surface area contributed by atoms with Crippen LogP contribution in [0.15, 0.2) is 78.0 Å². The zero-order valence-electron chi connectivity index (χ0n) is 29.9. The number of rotatable bonds is 13. The summed E-state index contributed by atoms with van der Waals surface area (Å²) in [7, 11) is 1.71. The summed E-state index contributed by atoms with van der Waals surface area (Å²) in [5.41, 5.74) is 10.5. The van der Waals surface area contributed by atoms with E-state index in [1.54, 1.807) is 51.3 Å². The minimum absolute atomic E-state index is 0.220. The van der Waals surface area contributed by atoms with Crippen molar-refractivity contribution in [2.75, 3.05) is 35.4 Å². The Kier molecular flexibility index (Phi) is 20.1. The number of amides is 3. The molecule has 1 heterocycles. The number of carbonyl (C=O) groups is 3. The van der Waals surface area contributed by atoms with Crippen molar-refractivity contribution in [3.8, 4) is 5.75 Å². The second kappa shape index (κ2) is 23.1. The predicted molar refractivity (Wildman–Crippen MR) is 204 cm³/mol. The summed E-state index contributed by atoms with van der Waals surface area (Å²) >= 11 is 2.05. The number of ether oxygens (including phenoxy) is 1. The molecule has 3 rings (SSSR count). The second-order valence-electron chi connectivity index (χ2n) is 11.1. The molecule has 10 heteroatoms. The highest BCUT2D eigenvalue weighted by Gasteiger charge is 2.24. The largest absolute Gasteiger partial charge is 0.496 e. The van der Waals surface area contributed by atoms with Gasteiger partial charge in [0, 0.05) is 24.2 Å². The Bertz CT molecular complexity index is 1450. The lowest BCUT2D eigenvalue weighted by atomic mass is 10.0. The van der Waals surface area contributed by atoms with Crippen LogP contribution in [0.1, 0.15) is 77.8 Å². The van der Waals surface area contributed by atoms with E-state index >= 15 is 0 Å². The summed E-state index contributed by atoms with van der Waals surface area (Å²) in [6.07, 6.45) is 8.81.